The largest absolute Gasteiger partial charge is 0.485 e. The van der Waals surface area contributed by atoms with Gasteiger partial charge in [-0.2, -0.15) is 0 Å². The molecule has 0 spiro atoms. The molecule has 0 saturated carbocycles. The van der Waals surface area contributed by atoms with Gasteiger partial charge in [-0.15, -0.1) is 0 Å². The maximum Gasteiger partial charge on any atom is 0.165 e. The fraction of sp³-hybridized carbons (Fsp3) is 0.250. The van der Waals surface area contributed by atoms with Crippen LogP contribution in [0.4, 0.5) is 4.39 Å². The summed E-state index contributed by atoms with van der Waals surface area (Å²) in [5.41, 5.74) is 9.64. The third-order valence-corrected chi connectivity index (χ3v) is 3.15. The van der Waals surface area contributed by atoms with Crippen LogP contribution in [0.5, 0.6) is 5.75 Å². The lowest BCUT2D eigenvalue weighted by atomic mass is 10.1. The summed E-state index contributed by atoms with van der Waals surface area (Å²) in [7, 11) is 0. The molecule has 2 N–H and O–H groups in total. The van der Waals surface area contributed by atoms with Gasteiger partial charge in [0.15, 0.2) is 11.6 Å². The molecule has 2 aromatic carbocycles. The van der Waals surface area contributed by atoms with E-state index in [2.05, 4.69) is 6.07 Å². The Labute approximate surface area is 113 Å². The summed E-state index contributed by atoms with van der Waals surface area (Å²) >= 11 is 0. The van der Waals surface area contributed by atoms with Crippen LogP contribution in [0.15, 0.2) is 36.4 Å². The molecular formula is C16H18FNO. The normalized spacial score (nSPS) is 10.5. The Balaban J connectivity index is 2.21. The van der Waals surface area contributed by atoms with Crippen molar-refractivity contribution in [2.24, 2.45) is 5.73 Å². The maximum atomic E-state index is 13.7. The lowest BCUT2D eigenvalue weighted by molar-refractivity contribution is 0.286. The first-order valence-electron chi connectivity index (χ1n) is 6.28. The summed E-state index contributed by atoms with van der Waals surface area (Å²) in [5, 5.41) is 0. The number of nitrogens with two attached hydrogens (primary N) is 1. The summed E-state index contributed by atoms with van der Waals surface area (Å²) in [6.45, 7) is 4.65. The molecule has 0 aliphatic carbocycles. The Morgan fingerprint density at radius 1 is 1.11 bits per heavy atom. The highest BCUT2D eigenvalue weighted by molar-refractivity contribution is 5.36. The van der Waals surface area contributed by atoms with E-state index in [9.17, 15) is 4.39 Å². The number of ether oxygens (including phenoxy) is 1. The zero-order chi connectivity index (χ0) is 13.8. The van der Waals surface area contributed by atoms with E-state index in [4.69, 9.17) is 10.5 Å². The van der Waals surface area contributed by atoms with E-state index >= 15 is 0 Å². The van der Waals surface area contributed by atoms with Gasteiger partial charge < -0.3 is 10.5 Å². The van der Waals surface area contributed by atoms with Crippen LogP contribution in [0.2, 0.25) is 0 Å². The number of aryl methyl sites for hydroxylation is 2. The van der Waals surface area contributed by atoms with Gasteiger partial charge in [-0.3, -0.25) is 0 Å². The quantitative estimate of drug-likeness (QED) is 0.912. The van der Waals surface area contributed by atoms with Crippen LogP contribution in [0.3, 0.4) is 0 Å². The first-order chi connectivity index (χ1) is 9.11. The standard InChI is InChI=1S/C16H18FNO/c1-11-6-7-12(2)14(8-11)10-19-16-13(9-18)4-3-5-15(16)17/h3-8H,9-10,18H2,1-2H3. The van der Waals surface area contributed by atoms with E-state index in [-0.39, 0.29) is 18.1 Å². The van der Waals surface area contributed by atoms with Crippen LogP contribution >= 0.6 is 0 Å². The van der Waals surface area contributed by atoms with Gasteiger partial charge in [0.1, 0.15) is 6.61 Å². The molecule has 3 heteroatoms. The van der Waals surface area contributed by atoms with Gasteiger partial charge in [-0.1, -0.05) is 35.9 Å². The second-order valence-corrected chi connectivity index (χ2v) is 4.65. The summed E-state index contributed by atoms with van der Waals surface area (Å²) < 4.78 is 19.4. The molecule has 0 aromatic heterocycles. The molecule has 100 valence electrons. The van der Waals surface area contributed by atoms with Gasteiger partial charge in [-0.25, -0.2) is 4.39 Å². The number of benzene rings is 2. The molecule has 0 radical (unpaired) electrons. The van der Waals surface area contributed by atoms with Crippen molar-refractivity contribution in [3.63, 3.8) is 0 Å². The Kier molecular flexibility index (Phi) is 4.17. The van der Waals surface area contributed by atoms with Crippen molar-refractivity contribution in [1.29, 1.82) is 0 Å². The molecule has 0 unspecified atom stereocenters. The Morgan fingerprint density at radius 3 is 2.63 bits per heavy atom. The molecule has 19 heavy (non-hydrogen) atoms. The van der Waals surface area contributed by atoms with E-state index in [1.807, 2.05) is 26.0 Å². The van der Waals surface area contributed by atoms with Crippen LogP contribution in [-0.4, -0.2) is 0 Å². The second-order valence-electron chi connectivity index (χ2n) is 4.65. The summed E-state index contributed by atoms with van der Waals surface area (Å²) in [6, 6.07) is 11.0. The van der Waals surface area contributed by atoms with Crippen LogP contribution < -0.4 is 10.5 Å². The van der Waals surface area contributed by atoms with Gasteiger partial charge >= 0.3 is 0 Å². The smallest absolute Gasteiger partial charge is 0.165 e. The van der Waals surface area contributed by atoms with Gasteiger partial charge in [-0.05, 0) is 31.0 Å². The molecule has 0 aliphatic rings. The molecule has 0 aliphatic heterocycles. The molecular weight excluding hydrogens is 241 g/mol. The van der Waals surface area contributed by atoms with E-state index in [0.717, 1.165) is 16.7 Å². The zero-order valence-electron chi connectivity index (χ0n) is 11.2. The Bertz CT molecular complexity index is 581. The van der Waals surface area contributed by atoms with Crippen molar-refractivity contribution in [3.8, 4) is 5.75 Å². The van der Waals surface area contributed by atoms with Crippen LogP contribution in [0, 0.1) is 19.7 Å². The van der Waals surface area contributed by atoms with Crippen molar-refractivity contribution < 1.29 is 9.13 Å². The molecule has 2 nitrogen and oxygen atoms in total. The number of halogens is 1. The number of rotatable bonds is 4. The van der Waals surface area contributed by atoms with Crippen molar-refractivity contribution in [3.05, 3.63) is 64.5 Å². The van der Waals surface area contributed by atoms with Crippen LogP contribution in [0.1, 0.15) is 22.3 Å². The highest BCUT2D eigenvalue weighted by Gasteiger charge is 2.09. The minimum atomic E-state index is -0.367. The SMILES string of the molecule is Cc1ccc(C)c(COc2c(F)cccc2CN)c1. The van der Waals surface area contributed by atoms with E-state index < -0.39 is 0 Å². The van der Waals surface area contributed by atoms with E-state index in [1.165, 1.54) is 6.07 Å². The molecule has 0 bridgehead atoms. The molecule has 0 amide bonds. The molecule has 2 rings (SSSR count). The first-order valence-corrected chi connectivity index (χ1v) is 6.28. The fourth-order valence-electron chi connectivity index (χ4n) is 1.98. The van der Waals surface area contributed by atoms with Gasteiger partial charge in [0.25, 0.3) is 0 Å². The van der Waals surface area contributed by atoms with Crippen LogP contribution in [0.25, 0.3) is 0 Å². The van der Waals surface area contributed by atoms with E-state index in [1.54, 1.807) is 12.1 Å². The Morgan fingerprint density at radius 2 is 1.89 bits per heavy atom. The number of hydrogen-bond acceptors (Lipinski definition) is 2. The predicted molar refractivity (Wildman–Crippen MR) is 74.5 cm³/mol. The predicted octanol–water partition coefficient (Wildman–Crippen LogP) is 3.48. The summed E-state index contributed by atoms with van der Waals surface area (Å²) in [5.74, 6) is -0.112. The highest BCUT2D eigenvalue weighted by Crippen LogP contribution is 2.24. The van der Waals surface area contributed by atoms with Crippen LogP contribution in [-0.2, 0) is 13.2 Å². The lowest BCUT2D eigenvalue weighted by Gasteiger charge is -2.13. The highest BCUT2D eigenvalue weighted by atomic mass is 19.1. The topological polar surface area (TPSA) is 35.2 Å². The van der Waals surface area contributed by atoms with Crippen molar-refractivity contribution >= 4 is 0 Å². The average Bonchev–Trinajstić information content (AvgIpc) is 2.40. The molecule has 2 aromatic rings. The van der Waals surface area contributed by atoms with E-state index in [0.29, 0.717) is 12.2 Å². The monoisotopic (exact) mass is 259 g/mol. The summed E-state index contributed by atoms with van der Waals surface area (Å²) in [6.07, 6.45) is 0. The van der Waals surface area contributed by atoms with Crippen molar-refractivity contribution in [1.82, 2.24) is 0 Å². The molecule has 0 heterocycles. The minimum Gasteiger partial charge on any atom is -0.485 e. The molecule has 0 saturated heterocycles. The fourth-order valence-corrected chi connectivity index (χ4v) is 1.98. The second kappa shape index (κ2) is 5.85. The third-order valence-electron chi connectivity index (χ3n) is 3.15. The first kappa shape index (κ1) is 13.6. The average molecular weight is 259 g/mol. The summed E-state index contributed by atoms with van der Waals surface area (Å²) in [4.78, 5) is 0. The zero-order valence-corrected chi connectivity index (χ0v) is 11.2. The lowest BCUT2D eigenvalue weighted by Crippen LogP contribution is -2.05. The molecule has 0 fully saturated rings. The molecule has 0 atom stereocenters. The van der Waals surface area contributed by atoms with Gasteiger partial charge in [0.2, 0.25) is 0 Å². The Hall–Kier alpha value is -1.87. The number of hydrogen-bond donors (Lipinski definition) is 1. The van der Waals surface area contributed by atoms with Crippen molar-refractivity contribution in [2.45, 2.75) is 27.0 Å². The number of para-hydroxylation sites is 1. The third kappa shape index (κ3) is 3.12. The van der Waals surface area contributed by atoms with Crippen molar-refractivity contribution in [2.75, 3.05) is 0 Å². The maximum absolute atomic E-state index is 13.7. The minimum absolute atomic E-state index is 0.255. The van der Waals surface area contributed by atoms with Gasteiger partial charge in [0.05, 0.1) is 0 Å². The van der Waals surface area contributed by atoms with Gasteiger partial charge in [0, 0.05) is 12.1 Å².